The summed E-state index contributed by atoms with van der Waals surface area (Å²) in [4.78, 5) is 28.5. The maximum absolute atomic E-state index is 12.5. The van der Waals surface area contributed by atoms with Crippen LogP contribution in [0.3, 0.4) is 0 Å². The quantitative estimate of drug-likeness (QED) is 0.797. The molecule has 1 fully saturated rings. The highest BCUT2D eigenvalue weighted by molar-refractivity contribution is 5.97. The molecule has 0 aliphatic carbocycles. The van der Waals surface area contributed by atoms with Crippen LogP contribution >= 0.6 is 0 Å². The zero-order valence-corrected chi connectivity index (χ0v) is 16.6. The van der Waals surface area contributed by atoms with Crippen molar-refractivity contribution >= 4 is 29.0 Å². The van der Waals surface area contributed by atoms with E-state index in [1.807, 2.05) is 49.4 Å². The van der Waals surface area contributed by atoms with E-state index in [9.17, 15) is 9.59 Å². The van der Waals surface area contributed by atoms with E-state index in [2.05, 4.69) is 21.6 Å². The molecule has 0 aromatic heterocycles. The van der Waals surface area contributed by atoms with Crippen LogP contribution in [0.5, 0.6) is 0 Å². The lowest BCUT2D eigenvalue weighted by molar-refractivity contribution is -0.116. The van der Waals surface area contributed by atoms with Crippen LogP contribution in [0.1, 0.15) is 25.3 Å². The van der Waals surface area contributed by atoms with Crippen molar-refractivity contribution in [2.24, 2.45) is 0 Å². The molecule has 1 aliphatic rings. The van der Waals surface area contributed by atoms with Gasteiger partial charge in [-0.05, 0) is 49.1 Å². The number of anilines is 3. The summed E-state index contributed by atoms with van der Waals surface area (Å²) in [5.41, 5.74) is 3.72. The molecule has 6 heteroatoms. The van der Waals surface area contributed by atoms with Crippen LogP contribution in [-0.4, -0.2) is 43.5 Å². The van der Waals surface area contributed by atoms with Gasteiger partial charge in [0, 0.05) is 37.2 Å². The Kier molecular flexibility index (Phi) is 6.53. The molecule has 1 saturated heterocycles. The number of para-hydroxylation sites is 1. The Morgan fingerprint density at radius 2 is 1.79 bits per heavy atom. The molecule has 0 bridgehead atoms. The lowest BCUT2D eigenvalue weighted by Gasteiger charge is -2.20. The van der Waals surface area contributed by atoms with Gasteiger partial charge in [-0.25, -0.2) is 4.79 Å². The van der Waals surface area contributed by atoms with E-state index in [1.165, 1.54) is 17.7 Å². The molecule has 0 atom stereocenters. The first-order valence-corrected chi connectivity index (χ1v) is 9.81. The van der Waals surface area contributed by atoms with Crippen molar-refractivity contribution in [3.8, 4) is 0 Å². The molecular weight excluding hydrogens is 352 g/mol. The normalized spacial score (nSPS) is 13.3. The maximum Gasteiger partial charge on any atom is 0.322 e. The largest absolute Gasteiger partial charge is 0.371 e. The molecule has 2 aromatic carbocycles. The lowest BCUT2D eigenvalue weighted by Crippen LogP contribution is -2.37. The third-order valence-electron chi connectivity index (χ3n) is 4.97. The fraction of sp³-hybridized carbons (Fsp3) is 0.364. The second-order valence-electron chi connectivity index (χ2n) is 7.09. The topological polar surface area (TPSA) is 64.7 Å². The molecule has 0 unspecified atom stereocenters. The van der Waals surface area contributed by atoms with E-state index >= 15 is 0 Å². The Labute approximate surface area is 166 Å². The summed E-state index contributed by atoms with van der Waals surface area (Å²) in [6, 6.07) is 15.2. The van der Waals surface area contributed by atoms with Crippen LogP contribution in [0.4, 0.5) is 21.9 Å². The second kappa shape index (κ2) is 9.26. The van der Waals surface area contributed by atoms with E-state index in [1.54, 1.807) is 7.05 Å². The third-order valence-corrected chi connectivity index (χ3v) is 4.97. The summed E-state index contributed by atoms with van der Waals surface area (Å²) in [5, 5.41) is 5.77. The predicted octanol–water partition coefficient (Wildman–Crippen LogP) is 3.95. The van der Waals surface area contributed by atoms with Gasteiger partial charge in [-0.3, -0.25) is 4.79 Å². The minimum Gasteiger partial charge on any atom is -0.371 e. The van der Waals surface area contributed by atoms with E-state index in [0.29, 0.717) is 0 Å². The van der Waals surface area contributed by atoms with E-state index in [0.717, 1.165) is 42.1 Å². The van der Waals surface area contributed by atoms with Crippen LogP contribution in [-0.2, 0) is 11.2 Å². The van der Waals surface area contributed by atoms with Crippen molar-refractivity contribution < 1.29 is 9.59 Å². The number of urea groups is 1. The molecule has 2 aromatic rings. The van der Waals surface area contributed by atoms with Gasteiger partial charge in [0.1, 0.15) is 6.54 Å². The highest BCUT2D eigenvalue weighted by Crippen LogP contribution is 2.23. The van der Waals surface area contributed by atoms with Crippen LogP contribution in [0, 0.1) is 0 Å². The SMILES string of the molecule is CCc1ccccc1NC(=O)CN(C)C(=O)Nc1cccc(N2CCCC2)c1. The number of rotatable bonds is 6. The average Bonchev–Trinajstić information content (AvgIpc) is 3.23. The van der Waals surface area contributed by atoms with Gasteiger partial charge in [-0.1, -0.05) is 31.2 Å². The summed E-state index contributed by atoms with van der Waals surface area (Å²) in [6.07, 6.45) is 3.24. The number of hydrogen-bond acceptors (Lipinski definition) is 3. The first-order valence-electron chi connectivity index (χ1n) is 9.81. The molecule has 28 heavy (non-hydrogen) atoms. The Morgan fingerprint density at radius 1 is 1.04 bits per heavy atom. The number of hydrogen-bond donors (Lipinski definition) is 2. The van der Waals surface area contributed by atoms with Crippen molar-refractivity contribution in [1.29, 1.82) is 0 Å². The fourth-order valence-electron chi connectivity index (χ4n) is 3.40. The fourth-order valence-corrected chi connectivity index (χ4v) is 3.40. The number of likely N-dealkylation sites (N-methyl/N-ethyl adjacent to an activating group) is 1. The molecule has 1 aliphatic heterocycles. The van der Waals surface area contributed by atoms with Crippen molar-refractivity contribution in [3.05, 3.63) is 54.1 Å². The van der Waals surface area contributed by atoms with Gasteiger partial charge in [-0.15, -0.1) is 0 Å². The first-order chi connectivity index (χ1) is 13.6. The molecule has 0 radical (unpaired) electrons. The molecular formula is C22H28N4O2. The third kappa shape index (κ3) is 5.03. The highest BCUT2D eigenvalue weighted by atomic mass is 16.2. The van der Waals surface area contributed by atoms with Gasteiger partial charge < -0.3 is 20.4 Å². The Balaban J connectivity index is 1.55. The predicted molar refractivity (Wildman–Crippen MR) is 114 cm³/mol. The van der Waals surface area contributed by atoms with Crippen LogP contribution < -0.4 is 15.5 Å². The summed E-state index contributed by atoms with van der Waals surface area (Å²) >= 11 is 0. The van der Waals surface area contributed by atoms with Gasteiger partial charge in [0.15, 0.2) is 0 Å². The molecule has 6 nitrogen and oxygen atoms in total. The van der Waals surface area contributed by atoms with Crippen molar-refractivity contribution in [3.63, 3.8) is 0 Å². The Morgan fingerprint density at radius 3 is 2.54 bits per heavy atom. The van der Waals surface area contributed by atoms with E-state index in [4.69, 9.17) is 0 Å². The smallest absolute Gasteiger partial charge is 0.322 e. The second-order valence-corrected chi connectivity index (χ2v) is 7.09. The van der Waals surface area contributed by atoms with Gasteiger partial charge in [-0.2, -0.15) is 0 Å². The lowest BCUT2D eigenvalue weighted by atomic mass is 10.1. The minimum atomic E-state index is -0.308. The number of aryl methyl sites for hydroxylation is 1. The molecule has 0 saturated carbocycles. The van der Waals surface area contributed by atoms with Crippen LogP contribution in [0.25, 0.3) is 0 Å². The standard InChI is InChI=1S/C22H28N4O2/c1-3-17-9-4-5-12-20(17)24-21(27)16-25(2)22(28)23-18-10-8-11-19(15-18)26-13-6-7-14-26/h4-5,8-12,15H,3,6-7,13-14,16H2,1-2H3,(H,23,28)(H,24,27). The average molecular weight is 380 g/mol. The highest BCUT2D eigenvalue weighted by Gasteiger charge is 2.16. The van der Waals surface area contributed by atoms with Gasteiger partial charge in [0.2, 0.25) is 5.91 Å². The van der Waals surface area contributed by atoms with Crippen molar-refractivity contribution in [2.75, 3.05) is 42.2 Å². The van der Waals surface area contributed by atoms with E-state index in [-0.39, 0.29) is 18.5 Å². The summed E-state index contributed by atoms with van der Waals surface area (Å²) in [7, 11) is 1.62. The Bertz CT molecular complexity index is 831. The minimum absolute atomic E-state index is 0.0182. The van der Waals surface area contributed by atoms with Crippen LogP contribution in [0.15, 0.2) is 48.5 Å². The zero-order chi connectivity index (χ0) is 19.9. The maximum atomic E-state index is 12.5. The monoisotopic (exact) mass is 380 g/mol. The number of carbonyl (C=O) groups excluding carboxylic acids is 2. The first kappa shape index (κ1) is 19.7. The summed E-state index contributed by atoms with van der Waals surface area (Å²) < 4.78 is 0. The van der Waals surface area contributed by atoms with Gasteiger partial charge in [0.05, 0.1) is 0 Å². The molecule has 3 rings (SSSR count). The number of nitrogens with zero attached hydrogens (tertiary/aromatic N) is 2. The number of nitrogens with one attached hydrogen (secondary N) is 2. The molecule has 148 valence electrons. The Hall–Kier alpha value is -3.02. The molecule has 1 heterocycles. The number of amides is 3. The summed E-state index contributed by atoms with van der Waals surface area (Å²) in [5.74, 6) is -0.218. The van der Waals surface area contributed by atoms with Gasteiger partial charge >= 0.3 is 6.03 Å². The zero-order valence-electron chi connectivity index (χ0n) is 16.6. The molecule has 0 spiro atoms. The van der Waals surface area contributed by atoms with Crippen molar-refractivity contribution in [1.82, 2.24) is 4.90 Å². The van der Waals surface area contributed by atoms with Crippen LogP contribution in [0.2, 0.25) is 0 Å². The summed E-state index contributed by atoms with van der Waals surface area (Å²) in [6.45, 7) is 4.13. The van der Waals surface area contributed by atoms with Crippen molar-refractivity contribution in [2.45, 2.75) is 26.2 Å². The number of carbonyl (C=O) groups is 2. The van der Waals surface area contributed by atoms with E-state index < -0.39 is 0 Å². The molecule has 3 amide bonds. The molecule has 2 N–H and O–H groups in total. The van der Waals surface area contributed by atoms with Gasteiger partial charge in [0.25, 0.3) is 0 Å². The number of benzene rings is 2.